The van der Waals surface area contributed by atoms with Crippen molar-refractivity contribution in [1.82, 2.24) is 10.2 Å². The van der Waals surface area contributed by atoms with Crippen LogP contribution in [0.2, 0.25) is 0 Å². The minimum atomic E-state index is 1.09. The van der Waals surface area contributed by atoms with Crippen LogP contribution in [0.4, 0.5) is 0 Å². The maximum Gasteiger partial charge on any atom is 0.0241 e. The Morgan fingerprint density at radius 3 is 3.21 bits per heavy atom. The Morgan fingerprint density at radius 1 is 1.57 bits per heavy atom. The third kappa shape index (κ3) is 2.16. The molecule has 1 aromatic heterocycles. The molecular formula is C11H18N2S. The summed E-state index contributed by atoms with van der Waals surface area (Å²) in [5.41, 5.74) is 1.56. The standard InChI is InChI=1S/C11H18N2S/c1-12-5-3-10-7-9-8-13(2)6-4-11(9)14-10/h7,12H,3-6,8H2,1-2H3. The van der Waals surface area contributed by atoms with E-state index in [-0.39, 0.29) is 0 Å². The van der Waals surface area contributed by atoms with E-state index in [1.807, 2.05) is 18.4 Å². The molecular weight excluding hydrogens is 192 g/mol. The zero-order valence-corrected chi connectivity index (χ0v) is 9.78. The third-order valence-electron chi connectivity index (χ3n) is 2.73. The first-order valence-corrected chi connectivity index (χ1v) is 6.05. The molecule has 0 saturated carbocycles. The molecule has 1 N–H and O–H groups in total. The molecule has 14 heavy (non-hydrogen) atoms. The summed E-state index contributed by atoms with van der Waals surface area (Å²) in [4.78, 5) is 5.56. The topological polar surface area (TPSA) is 15.3 Å². The van der Waals surface area contributed by atoms with Crippen molar-refractivity contribution in [2.45, 2.75) is 19.4 Å². The molecule has 3 heteroatoms. The van der Waals surface area contributed by atoms with Crippen molar-refractivity contribution >= 4 is 11.3 Å². The minimum Gasteiger partial charge on any atom is -0.319 e. The Bertz CT molecular complexity index is 306. The van der Waals surface area contributed by atoms with Crippen LogP contribution >= 0.6 is 11.3 Å². The first-order chi connectivity index (χ1) is 6.79. The van der Waals surface area contributed by atoms with Gasteiger partial charge >= 0.3 is 0 Å². The van der Waals surface area contributed by atoms with Crippen molar-refractivity contribution in [1.29, 1.82) is 0 Å². The van der Waals surface area contributed by atoms with E-state index in [4.69, 9.17) is 0 Å². The van der Waals surface area contributed by atoms with Gasteiger partial charge in [0.15, 0.2) is 0 Å². The molecule has 2 rings (SSSR count). The number of fused-ring (bicyclic) bond motifs is 1. The largest absolute Gasteiger partial charge is 0.319 e. The Hall–Kier alpha value is -0.380. The van der Waals surface area contributed by atoms with Gasteiger partial charge in [-0.05, 0) is 45.1 Å². The minimum absolute atomic E-state index is 1.09. The first-order valence-electron chi connectivity index (χ1n) is 5.23. The molecule has 0 fully saturated rings. The fourth-order valence-corrected chi connectivity index (χ4v) is 3.08. The summed E-state index contributed by atoms with van der Waals surface area (Å²) in [7, 11) is 4.22. The molecule has 0 amide bonds. The summed E-state index contributed by atoms with van der Waals surface area (Å²) in [6.07, 6.45) is 2.42. The molecule has 1 aliphatic rings. The lowest BCUT2D eigenvalue weighted by molar-refractivity contribution is 0.315. The average molecular weight is 210 g/mol. The summed E-state index contributed by atoms with van der Waals surface area (Å²) in [5, 5.41) is 3.20. The van der Waals surface area contributed by atoms with E-state index in [0.717, 1.165) is 13.1 Å². The van der Waals surface area contributed by atoms with Crippen molar-refractivity contribution in [3.8, 4) is 0 Å². The van der Waals surface area contributed by atoms with Gasteiger partial charge in [0.1, 0.15) is 0 Å². The average Bonchev–Trinajstić information content (AvgIpc) is 2.56. The van der Waals surface area contributed by atoms with Gasteiger partial charge in [-0.3, -0.25) is 0 Å². The Balaban J connectivity index is 2.07. The number of nitrogens with zero attached hydrogens (tertiary/aromatic N) is 1. The van der Waals surface area contributed by atoms with Crippen molar-refractivity contribution in [3.05, 3.63) is 21.4 Å². The van der Waals surface area contributed by atoms with E-state index < -0.39 is 0 Å². The normalized spacial score (nSPS) is 17.0. The molecule has 1 aliphatic heterocycles. The second-order valence-electron chi connectivity index (χ2n) is 4.00. The van der Waals surface area contributed by atoms with Gasteiger partial charge < -0.3 is 10.2 Å². The molecule has 0 aliphatic carbocycles. The zero-order valence-electron chi connectivity index (χ0n) is 8.97. The summed E-state index contributed by atoms with van der Waals surface area (Å²) in [6.45, 7) is 3.46. The molecule has 0 saturated heterocycles. The van der Waals surface area contributed by atoms with E-state index in [0.29, 0.717) is 0 Å². The van der Waals surface area contributed by atoms with E-state index in [1.165, 1.54) is 19.4 Å². The van der Waals surface area contributed by atoms with Crippen LogP contribution in [0.3, 0.4) is 0 Å². The molecule has 0 unspecified atom stereocenters. The van der Waals surface area contributed by atoms with E-state index in [1.54, 1.807) is 15.3 Å². The summed E-state index contributed by atoms with van der Waals surface area (Å²) in [6, 6.07) is 2.40. The summed E-state index contributed by atoms with van der Waals surface area (Å²) in [5.74, 6) is 0. The molecule has 2 heterocycles. The summed E-state index contributed by atoms with van der Waals surface area (Å²) >= 11 is 2.01. The van der Waals surface area contributed by atoms with Crippen LogP contribution < -0.4 is 5.32 Å². The van der Waals surface area contributed by atoms with Crippen LogP contribution in [0.25, 0.3) is 0 Å². The van der Waals surface area contributed by atoms with Gasteiger partial charge in [0.25, 0.3) is 0 Å². The van der Waals surface area contributed by atoms with Crippen LogP contribution in [0.15, 0.2) is 6.07 Å². The monoisotopic (exact) mass is 210 g/mol. The molecule has 0 radical (unpaired) electrons. The predicted octanol–water partition coefficient (Wildman–Crippen LogP) is 1.50. The quantitative estimate of drug-likeness (QED) is 0.813. The van der Waals surface area contributed by atoms with E-state index in [9.17, 15) is 0 Å². The van der Waals surface area contributed by atoms with Crippen molar-refractivity contribution < 1.29 is 0 Å². The number of hydrogen-bond acceptors (Lipinski definition) is 3. The Morgan fingerprint density at radius 2 is 2.43 bits per heavy atom. The highest BCUT2D eigenvalue weighted by Gasteiger charge is 2.15. The van der Waals surface area contributed by atoms with Gasteiger partial charge in [-0.2, -0.15) is 0 Å². The number of thiophene rings is 1. The van der Waals surface area contributed by atoms with Crippen molar-refractivity contribution in [2.24, 2.45) is 0 Å². The van der Waals surface area contributed by atoms with E-state index >= 15 is 0 Å². The maximum absolute atomic E-state index is 3.20. The lowest BCUT2D eigenvalue weighted by Gasteiger charge is -2.21. The van der Waals surface area contributed by atoms with E-state index in [2.05, 4.69) is 23.3 Å². The molecule has 78 valence electrons. The van der Waals surface area contributed by atoms with Gasteiger partial charge in [0.2, 0.25) is 0 Å². The Kier molecular flexibility index (Phi) is 3.21. The SMILES string of the molecule is CNCCc1cc2c(s1)CCN(C)C2. The smallest absolute Gasteiger partial charge is 0.0241 e. The Labute approximate surface area is 89.9 Å². The van der Waals surface area contributed by atoms with Crippen LogP contribution in [-0.2, 0) is 19.4 Å². The fraction of sp³-hybridized carbons (Fsp3) is 0.636. The van der Waals surface area contributed by atoms with Gasteiger partial charge in [-0.25, -0.2) is 0 Å². The molecule has 0 aromatic carbocycles. The number of rotatable bonds is 3. The van der Waals surface area contributed by atoms with Crippen molar-refractivity contribution in [3.63, 3.8) is 0 Å². The zero-order chi connectivity index (χ0) is 9.97. The highest BCUT2D eigenvalue weighted by molar-refractivity contribution is 7.12. The van der Waals surface area contributed by atoms with Gasteiger partial charge in [-0.1, -0.05) is 0 Å². The third-order valence-corrected chi connectivity index (χ3v) is 4.03. The highest BCUT2D eigenvalue weighted by atomic mass is 32.1. The second kappa shape index (κ2) is 4.43. The number of hydrogen-bond donors (Lipinski definition) is 1. The van der Waals surface area contributed by atoms with Gasteiger partial charge in [0.05, 0.1) is 0 Å². The molecule has 2 nitrogen and oxygen atoms in total. The van der Waals surface area contributed by atoms with Gasteiger partial charge in [-0.15, -0.1) is 11.3 Å². The van der Waals surface area contributed by atoms with Crippen molar-refractivity contribution in [2.75, 3.05) is 27.2 Å². The van der Waals surface area contributed by atoms with Crippen LogP contribution in [0, 0.1) is 0 Å². The molecule has 0 bridgehead atoms. The second-order valence-corrected chi connectivity index (χ2v) is 5.22. The molecule has 1 aromatic rings. The maximum atomic E-state index is 3.20. The summed E-state index contributed by atoms with van der Waals surface area (Å²) < 4.78 is 0. The van der Waals surface area contributed by atoms with Crippen LogP contribution in [-0.4, -0.2) is 32.1 Å². The lowest BCUT2D eigenvalue weighted by atomic mass is 10.1. The lowest BCUT2D eigenvalue weighted by Crippen LogP contribution is -2.25. The van der Waals surface area contributed by atoms with Crippen LogP contribution in [0.1, 0.15) is 15.3 Å². The highest BCUT2D eigenvalue weighted by Crippen LogP contribution is 2.27. The van der Waals surface area contributed by atoms with Crippen LogP contribution in [0.5, 0.6) is 0 Å². The fourth-order valence-electron chi connectivity index (χ4n) is 1.91. The van der Waals surface area contributed by atoms with Gasteiger partial charge in [0, 0.05) is 22.8 Å². The molecule has 0 atom stereocenters. The number of nitrogens with one attached hydrogen (secondary N) is 1. The predicted molar refractivity (Wildman–Crippen MR) is 62.0 cm³/mol. The first kappa shape index (κ1) is 10.1. The number of likely N-dealkylation sites (N-methyl/N-ethyl adjacent to an activating group) is 2. The molecule has 0 spiro atoms.